The third-order valence-corrected chi connectivity index (χ3v) is 4.22. The van der Waals surface area contributed by atoms with E-state index in [0.29, 0.717) is 13.1 Å². The Labute approximate surface area is 148 Å². The molecule has 0 aliphatic carbocycles. The van der Waals surface area contributed by atoms with Crippen molar-refractivity contribution in [3.8, 4) is 0 Å². The molecule has 0 unspecified atom stereocenters. The summed E-state index contributed by atoms with van der Waals surface area (Å²) in [6.07, 6.45) is 6.02. The van der Waals surface area contributed by atoms with Gasteiger partial charge in [0, 0.05) is 32.4 Å². The number of rotatable bonds is 6. The molecule has 5 nitrogen and oxygen atoms in total. The molecule has 0 saturated carbocycles. The van der Waals surface area contributed by atoms with Crippen LogP contribution >= 0.6 is 0 Å². The molecule has 1 atom stereocenters. The summed E-state index contributed by atoms with van der Waals surface area (Å²) in [6, 6.07) is 15.8. The number of hydrogen-bond acceptors (Lipinski definition) is 4. The van der Waals surface area contributed by atoms with Gasteiger partial charge in [0.2, 0.25) is 5.91 Å². The Morgan fingerprint density at radius 1 is 1.24 bits per heavy atom. The van der Waals surface area contributed by atoms with Crippen LogP contribution in [0.1, 0.15) is 11.3 Å². The van der Waals surface area contributed by atoms with Gasteiger partial charge in [-0.25, -0.2) is 0 Å². The molecular weight excluding hydrogens is 312 g/mol. The molecule has 1 aromatic heterocycles. The molecule has 130 valence electrons. The van der Waals surface area contributed by atoms with Crippen LogP contribution in [-0.2, 0) is 11.3 Å². The summed E-state index contributed by atoms with van der Waals surface area (Å²) in [5, 5.41) is 6.26. The van der Waals surface area contributed by atoms with Crippen molar-refractivity contribution in [3.63, 3.8) is 0 Å². The lowest BCUT2D eigenvalue weighted by Gasteiger charge is -2.32. The molecule has 1 amide bonds. The largest absolute Gasteiger partial charge is 0.349 e. The molecule has 3 rings (SSSR count). The van der Waals surface area contributed by atoms with Crippen LogP contribution in [0.15, 0.2) is 60.8 Å². The summed E-state index contributed by atoms with van der Waals surface area (Å²) in [6.45, 7) is 3.80. The standard InChI is InChI=1S/C20H24N4O/c25-20(23-15-18-10-4-5-11-21-18)19-16-24(14-12-22-19)13-6-9-17-7-2-1-3-8-17/h1-11,19,22H,12-16H2,(H,23,25)/b9-6+/t19-/m1/s1. The van der Waals surface area contributed by atoms with E-state index in [-0.39, 0.29) is 11.9 Å². The number of pyridine rings is 1. The zero-order valence-electron chi connectivity index (χ0n) is 14.3. The van der Waals surface area contributed by atoms with E-state index in [1.54, 1.807) is 6.20 Å². The maximum atomic E-state index is 12.4. The van der Waals surface area contributed by atoms with Crippen molar-refractivity contribution in [2.24, 2.45) is 0 Å². The normalized spacial score (nSPS) is 18.3. The van der Waals surface area contributed by atoms with Gasteiger partial charge in [0.1, 0.15) is 0 Å². The van der Waals surface area contributed by atoms with E-state index < -0.39 is 0 Å². The minimum Gasteiger partial charge on any atom is -0.349 e. The Balaban J connectivity index is 1.45. The fourth-order valence-electron chi connectivity index (χ4n) is 2.86. The number of benzene rings is 1. The lowest BCUT2D eigenvalue weighted by molar-refractivity contribution is -0.124. The molecule has 2 aromatic rings. The molecule has 1 saturated heterocycles. The van der Waals surface area contributed by atoms with Gasteiger partial charge in [-0.15, -0.1) is 0 Å². The predicted octanol–water partition coefficient (Wildman–Crippen LogP) is 1.68. The smallest absolute Gasteiger partial charge is 0.238 e. The summed E-state index contributed by atoms with van der Waals surface area (Å²) >= 11 is 0. The number of amides is 1. The van der Waals surface area contributed by atoms with Crippen LogP contribution in [0, 0.1) is 0 Å². The van der Waals surface area contributed by atoms with Gasteiger partial charge in [-0.1, -0.05) is 48.6 Å². The maximum absolute atomic E-state index is 12.4. The molecule has 1 aromatic carbocycles. The third-order valence-electron chi connectivity index (χ3n) is 4.22. The van der Waals surface area contributed by atoms with Gasteiger partial charge in [-0.3, -0.25) is 14.7 Å². The second kappa shape index (κ2) is 9.11. The molecule has 0 bridgehead atoms. The zero-order chi connectivity index (χ0) is 17.3. The average molecular weight is 336 g/mol. The minimum absolute atomic E-state index is 0.0300. The predicted molar refractivity (Wildman–Crippen MR) is 99.8 cm³/mol. The van der Waals surface area contributed by atoms with E-state index in [9.17, 15) is 4.79 Å². The van der Waals surface area contributed by atoms with Gasteiger partial charge in [-0.05, 0) is 17.7 Å². The van der Waals surface area contributed by atoms with Gasteiger partial charge in [0.05, 0.1) is 18.3 Å². The monoisotopic (exact) mass is 336 g/mol. The molecule has 1 aliphatic heterocycles. The first-order valence-corrected chi connectivity index (χ1v) is 8.66. The van der Waals surface area contributed by atoms with E-state index >= 15 is 0 Å². The number of aromatic nitrogens is 1. The summed E-state index contributed by atoms with van der Waals surface area (Å²) in [4.78, 5) is 18.9. The highest BCUT2D eigenvalue weighted by Gasteiger charge is 2.24. The second-order valence-corrected chi connectivity index (χ2v) is 6.12. The number of hydrogen-bond donors (Lipinski definition) is 2. The van der Waals surface area contributed by atoms with Gasteiger partial charge in [0.15, 0.2) is 0 Å². The van der Waals surface area contributed by atoms with Gasteiger partial charge < -0.3 is 10.6 Å². The van der Waals surface area contributed by atoms with Crippen molar-refractivity contribution in [2.75, 3.05) is 26.2 Å². The molecule has 1 fully saturated rings. The van der Waals surface area contributed by atoms with Crippen LogP contribution in [0.25, 0.3) is 6.08 Å². The first-order valence-electron chi connectivity index (χ1n) is 8.66. The van der Waals surface area contributed by atoms with E-state index in [1.165, 1.54) is 5.56 Å². The van der Waals surface area contributed by atoms with Gasteiger partial charge in [0.25, 0.3) is 0 Å². The first-order chi connectivity index (χ1) is 12.3. The molecular formula is C20H24N4O. The van der Waals surface area contributed by atoms with E-state index in [4.69, 9.17) is 0 Å². The Morgan fingerprint density at radius 2 is 2.08 bits per heavy atom. The number of carbonyl (C=O) groups is 1. The highest BCUT2D eigenvalue weighted by Crippen LogP contribution is 2.04. The van der Waals surface area contributed by atoms with Crippen molar-refractivity contribution in [1.29, 1.82) is 0 Å². The number of nitrogens with one attached hydrogen (secondary N) is 2. The fraction of sp³-hybridized carbons (Fsp3) is 0.300. The molecule has 5 heteroatoms. The SMILES string of the molecule is O=C(NCc1ccccn1)[C@H]1CN(C/C=C/c2ccccc2)CCN1. The van der Waals surface area contributed by atoms with Crippen LogP contribution in [-0.4, -0.2) is 48.0 Å². The van der Waals surface area contributed by atoms with Crippen LogP contribution in [0.4, 0.5) is 0 Å². The van der Waals surface area contributed by atoms with Crippen molar-refractivity contribution >= 4 is 12.0 Å². The molecule has 0 spiro atoms. The van der Waals surface area contributed by atoms with Crippen molar-refractivity contribution < 1.29 is 4.79 Å². The van der Waals surface area contributed by atoms with Crippen molar-refractivity contribution in [3.05, 3.63) is 72.1 Å². The summed E-state index contributed by atoms with van der Waals surface area (Å²) in [5.41, 5.74) is 2.07. The highest BCUT2D eigenvalue weighted by atomic mass is 16.2. The maximum Gasteiger partial charge on any atom is 0.238 e. The van der Waals surface area contributed by atoms with Crippen molar-refractivity contribution in [1.82, 2.24) is 20.5 Å². The van der Waals surface area contributed by atoms with Crippen molar-refractivity contribution in [2.45, 2.75) is 12.6 Å². The number of carbonyl (C=O) groups excluding carboxylic acids is 1. The third kappa shape index (κ3) is 5.52. The average Bonchev–Trinajstić information content (AvgIpc) is 2.68. The lowest BCUT2D eigenvalue weighted by Crippen LogP contribution is -2.56. The van der Waals surface area contributed by atoms with Gasteiger partial charge in [-0.2, -0.15) is 0 Å². The van der Waals surface area contributed by atoms with E-state index in [1.807, 2.05) is 36.4 Å². The molecule has 0 radical (unpaired) electrons. The Kier molecular flexibility index (Phi) is 6.31. The zero-order valence-corrected chi connectivity index (χ0v) is 14.3. The molecule has 2 N–H and O–H groups in total. The Bertz CT molecular complexity index is 687. The minimum atomic E-state index is -0.178. The first kappa shape index (κ1) is 17.3. The summed E-state index contributed by atoms with van der Waals surface area (Å²) in [7, 11) is 0. The van der Waals surface area contributed by atoms with Crippen LogP contribution < -0.4 is 10.6 Å². The Hall–Kier alpha value is -2.50. The number of piperazine rings is 1. The van der Waals surface area contributed by atoms with Crippen LogP contribution in [0.5, 0.6) is 0 Å². The highest BCUT2D eigenvalue weighted by molar-refractivity contribution is 5.82. The Morgan fingerprint density at radius 3 is 2.88 bits per heavy atom. The topological polar surface area (TPSA) is 57.3 Å². The van der Waals surface area contributed by atoms with Crippen LogP contribution in [0.2, 0.25) is 0 Å². The summed E-state index contributed by atoms with van der Waals surface area (Å²) in [5.74, 6) is 0.0300. The van der Waals surface area contributed by atoms with E-state index in [0.717, 1.165) is 25.3 Å². The van der Waals surface area contributed by atoms with E-state index in [2.05, 4.69) is 44.8 Å². The summed E-state index contributed by atoms with van der Waals surface area (Å²) < 4.78 is 0. The molecule has 25 heavy (non-hydrogen) atoms. The second-order valence-electron chi connectivity index (χ2n) is 6.12. The fourth-order valence-corrected chi connectivity index (χ4v) is 2.86. The van der Waals surface area contributed by atoms with Gasteiger partial charge >= 0.3 is 0 Å². The number of nitrogens with zero attached hydrogens (tertiary/aromatic N) is 2. The molecule has 2 heterocycles. The van der Waals surface area contributed by atoms with Crippen LogP contribution in [0.3, 0.4) is 0 Å². The lowest BCUT2D eigenvalue weighted by atomic mass is 10.1. The molecule has 1 aliphatic rings. The quantitative estimate of drug-likeness (QED) is 0.843.